The molecular formula is C20H20FNO6. The SMILES string of the molecule is CCN(O)C(=O)c1ccc(Oc2cc(C(=O)O)cc3c2CC(C)(C)O3)cc1F. The van der Waals surface area contributed by atoms with Crippen LogP contribution in [0.5, 0.6) is 17.2 Å². The maximum atomic E-state index is 14.3. The van der Waals surface area contributed by atoms with E-state index in [0.29, 0.717) is 22.8 Å². The molecule has 0 bridgehead atoms. The van der Waals surface area contributed by atoms with Crippen LogP contribution in [-0.4, -0.2) is 39.4 Å². The second kappa shape index (κ2) is 7.12. The van der Waals surface area contributed by atoms with E-state index in [-0.39, 0.29) is 29.2 Å². The maximum absolute atomic E-state index is 14.3. The van der Waals surface area contributed by atoms with E-state index in [1.165, 1.54) is 24.3 Å². The molecule has 0 aromatic heterocycles. The predicted octanol–water partition coefficient (Wildman–Crippen LogP) is 3.88. The Morgan fingerprint density at radius 1 is 1.29 bits per heavy atom. The Hall–Kier alpha value is -3.13. The molecule has 7 nitrogen and oxygen atoms in total. The standard InChI is InChI=1S/C20H20FNO6/c1-4-22(26)18(23)13-6-5-12(9-15(13)21)27-16-7-11(19(24)25)8-17-14(16)10-20(2,3)28-17/h5-9,26H,4,10H2,1-3H3,(H,24,25). The van der Waals surface area contributed by atoms with Gasteiger partial charge in [0.05, 0.1) is 11.1 Å². The summed E-state index contributed by atoms with van der Waals surface area (Å²) in [6.07, 6.45) is 0.493. The van der Waals surface area contributed by atoms with E-state index in [1.807, 2.05) is 13.8 Å². The highest BCUT2D eigenvalue weighted by Crippen LogP contribution is 2.43. The van der Waals surface area contributed by atoms with Crippen molar-refractivity contribution in [2.45, 2.75) is 32.8 Å². The van der Waals surface area contributed by atoms with Gasteiger partial charge in [0, 0.05) is 24.6 Å². The van der Waals surface area contributed by atoms with Gasteiger partial charge < -0.3 is 14.6 Å². The quantitative estimate of drug-likeness (QED) is 0.595. The van der Waals surface area contributed by atoms with Crippen LogP contribution in [-0.2, 0) is 6.42 Å². The topological polar surface area (TPSA) is 96.3 Å². The third-order valence-electron chi connectivity index (χ3n) is 4.34. The lowest BCUT2D eigenvalue weighted by atomic mass is 10.00. The first-order chi connectivity index (χ1) is 13.1. The number of hydrogen-bond acceptors (Lipinski definition) is 5. The number of ether oxygens (including phenoxy) is 2. The number of aromatic carboxylic acids is 1. The maximum Gasteiger partial charge on any atom is 0.335 e. The number of carboxylic acids is 1. The lowest BCUT2D eigenvalue weighted by Crippen LogP contribution is -2.27. The summed E-state index contributed by atoms with van der Waals surface area (Å²) in [4.78, 5) is 23.3. The van der Waals surface area contributed by atoms with E-state index in [1.54, 1.807) is 6.92 Å². The summed E-state index contributed by atoms with van der Waals surface area (Å²) in [6.45, 7) is 5.30. The minimum atomic E-state index is -1.14. The van der Waals surface area contributed by atoms with Gasteiger partial charge >= 0.3 is 5.97 Å². The third-order valence-corrected chi connectivity index (χ3v) is 4.34. The summed E-state index contributed by atoms with van der Waals surface area (Å²) in [7, 11) is 0. The molecule has 0 radical (unpaired) electrons. The lowest BCUT2D eigenvalue weighted by molar-refractivity contribution is -0.0544. The van der Waals surface area contributed by atoms with Crippen molar-refractivity contribution in [3.8, 4) is 17.2 Å². The fraction of sp³-hybridized carbons (Fsp3) is 0.300. The van der Waals surface area contributed by atoms with Gasteiger partial charge in [0.2, 0.25) is 0 Å². The molecule has 1 heterocycles. The third kappa shape index (κ3) is 3.77. The van der Waals surface area contributed by atoms with E-state index in [2.05, 4.69) is 0 Å². The highest BCUT2D eigenvalue weighted by Gasteiger charge is 2.34. The predicted molar refractivity (Wildman–Crippen MR) is 96.8 cm³/mol. The molecule has 28 heavy (non-hydrogen) atoms. The Kier molecular flexibility index (Phi) is 4.99. The van der Waals surface area contributed by atoms with Gasteiger partial charge in [-0.15, -0.1) is 0 Å². The van der Waals surface area contributed by atoms with Crippen LogP contribution in [0.2, 0.25) is 0 Å². The number of halogens is 1. The van der Waals surface area contributed by atoms with Crippen LogP contribution >= 0.6 is 0 Å². The van der Waals surface area contributed by atoms with Crippen molar-refractivity contribution in [1.29, 1.82) is 0 Å². The molecule has 1 amide bonds. The highest BCUT2D eigenvalue weighted by molar-refractivity contribution is 5.93. The zero-order valence-electron chi connectivity index (χ0n) is 15.7. The minimum absolute atomic E-state index is 0.0143. The number of hydrogen-bond donors (Lipinski definition) is 2. The molecule has 148 valence electrons. The molecule has 2 aromatic rings. The molecule has 0 unspecified atom stereocenters. The number of rotatable bonds is 5. The molecule has 0 aliphatic carbocycles. The fourth-order valence-electron chi connectivity index (χ4n) is 3.00. The van der Waals surface area contributed by atoms with Crippen LogP contribution in [0.3, 0.4) is 0 Å². The summed E-state index contributed by atoms with van der Waals surface area (Å²) in [6, 6.07) is 6.38. The van der Waals surface area contributed by atoms with Crippen molar-refractivity contribution in [3.63, 3.8) is 0 Å². The van der Waals surface area contributed by atoms with Gasteiger partial charge in [-0.05, 0) is 45.0 Å². The zero-order chi connectivity index (χ0) is 20.6. The van der Waals surface area contributed by atoms with Crippen molar-refractivity contribution in [1.82, 2.24) is 5.06 Å². The number of amides is 1. The Labute approximate surface area is 160 Å². The number of carbonyl (C=O) groups is 2. The molecule has 3 rings (SSSR count). The number of fused-ring (bicyclic) bond motifs is 1. The average Bonchev–Trinajstić information content (AvgIpc) is 2.94. The molecule has 1 aliphatic rings. The summed E-state index contributed by atoms with van der Waals surface area (Å²) < 4.78 is 25.9. The van der Waals surface area contributed by atoms with Crippen LogP contribution in [0, 0.1) is 5.82 Å². The second-order valence-electron chi connectivity index (χ2n) is 7.06. The molecule has 0 fully saturated rings. The van der Waals surface area contributed by atoms with Crippen molar-refractivity contribution in [2.75, 3.05) is 6.54 Å². The van der Waals surface area contributed by atoms with Gasteiger partial charge in [-0.3, -0.25) is 10.0 Å². The number of hydroxylamine groups is 2. The molecule has 1 aliphatic heterocycles. The van der Waals surface area contributed by atoms with Gasteiger partial charge in [-0.2, -0.15) is 0 Å². The van der Waals surface area contributed by atoms with Gasteiger partial charge in [-0.25, -0.2) is 14.2 Å². The van der Waals surface area contributed by atoms with Crippen LogP contribution in [0.4, 0.5) is 4.39 Å². The van der Waals surface area contributed by atoms with E-state index in [0.717, 1.165) is 6.07 Å². The number of benzene rings is 2. The minimum Gasteiger partial charge on any atom is -0.487 e. The summed E-state index contributed by atoms with van der Waals surface area (Å²) in [5.41, 5.74) is -0.157. The van der Waals surface area contributed by atoms with Gasteiger partial charge in [0.25, 0.3) is 5.91 Å². The fourth-order valence-corrected chi connectivity index (χ4v) is 3.00. The molecule has 2 N–H and O–H groups in total. The molecule has 0 saturated heterocycles. The Balaban J connectivity index is 1.95. The summed E-state index contributed by atoms with van der Waals surface area (Å²) in [5, 5.41) is 19.2. The first-order valence-electron chi connectivity index (χ1n) is 8.68. The van der Waals surface area contributed by atoms with E-state index in [4.69, 9.17) is 9.47 Å². The summed E-state index contributed by atoms with van der Waals surface area (Å²) in [5.74, 6) is -2.13. The van der Waals surface area contributed by atoms with Crippen LogP contribution in [0.1, 0.15) is 47.1 Å². The number of carboxylic acid groups (broad SMARTS) is 1. The van der Waals surface area contributed by atoms with Crippen molar-refractivity contribution in [3.05, 3.63) is 52.8 Å². The molecule has 8 heteroatoms. The van der Waals surface area contributed by atoms with Crippen molar-refractivity contribution >= 4 is 11.9 Å². The molecule has 0 saturated carbocycles. The first-order valence-corrected chi connectivity index (χ1v) is 8.68. The van der Waals surface area contributed by atoms with Gasteiger partial charge in [-0.1, -0.05) is 0 Å². The smallest absolute Gasteiger partial charge is 0.335 e. The lowest BCUT2D eigenvalue weighted by Gasteiger charge is -2.16. The normalized spacial score (nSPS) is 14.2. The molecule has 0 spiro atoms. The number of carbonyl (C=O) groups excluding carboxylic acids is 1. The molecular weight excluding hydrogens is 369 g/mol. The van der Waals surface area contributed by atoms with Gasteiger partial charge in [0.15, 0.2) is 0 Å². The number of nitrogens with zero attached hydrogens (tertiary/aromatic N) is 1. The Morgan fingerprint density at radius 3 is 2.61 bits per heavy atom. The zero-order valence-corrected chi connectivity index (χ0v) is 15.7. The van der Waals surface area contributed by atoms with Crippen LogP contribution in [0.25, 0.3) is 0 Å². The molecule has 2 aromatic carbocycles. The average molecular weight is 389 g/mol. The van der Waals surface area contributed by atoms with Crippen LogP contribution < -0.4 is 9.47 Å². The Bertz CT molecular complexity index is 956. The monoisotopic (exact) mass is 389 g/mol. The summed E-state index contributed by atoms with van der Waals surface area (Å²) >= 11 is 0. The highest BCUT2D eigenvalue weighted by atomic mass is 19.1. The molecule has 0 atom stereocenters. The van der Waals surface area contributed by atoms with Gasteiger partial charge in [0.1, 0.15) is 28.7 Å². The van der Waals surface area contributed by atoms with Crippen molar-refractivity contribution < 1.29 is 33.8 Å². The largest absolute Gasteiger partial charge is 0.487 e. The first kappa shape index (κ1) is 19.6. The van der Waals surface area contributed by atoms with Crippen LogP contribution in [0.15, 0.2) is 30.3 Å². The van der Waals surface area contributed by atoms with E-state index >= 15 is 0 Å². The van der Waals surface area contributed by atoms with Crippen molar-refractivity contribution in [2.24, 2.45) is 0 Å². The second-order valence-corrected chi connectivity index (χ2v) is 7.06. The van der Waals surface area contributed by atoms with E-state index in [9.17, 15) is 24.3 Å². The Morgan fingerprint density at radius 2 is 2.00 bits per heavy atom. The van der Waals surface area contributed by atoms with E-state index < -0.39 is 23.3 Å².